The monoisotopic (exact) mass is 146 g/mol. The van der Waals surface area contributed by atoms with Crippen molar-refractivity contribution >= 4 is 18.2 Å². The molecule has 0 saturated heterocycles. The molecule has 0 unspecified atom stereocenters. The minimum Gasteiger partial charge on any atom is -0.343 e. The van der Waals surface area contributed by atoms with Crippen molar-refractivity contribution < 1.29 is 0 Å². The van der Waals surface area contributed by atoms with Crippen LogP contribution in [0.25, 0.3) is 11.9 Å². The van der Waals surface area contributed by atoms with Crippen molar-refractivity contribution in [2.24, 2.45) is 4.99 Å². The molecule has 0 atom stereocenters. The number of aliphatic imine (C=N–C) groups is 1. The summed E-state index contributed by atoms with van der Waals surface area (Å²) >= 11 is 0. The summed E-state index contributed by atoms with van der Waals surface area (Å²) in [5, 5.41) is 2.05. The highest BCUT2D eigenvalue weighted by molar-refractivity contribution is 5.76. The van der Waals surface area contributed by atoms with Crippen LogP contribution >= 0.6 is 0 Å². The Morgan fingerprint density at radius 1 is 1.55 bits per heavy atom. The van der Waals surface area contributed by atoms with Gasteiger partial charge in [-0.2, -0.15) is 0 Å². The molecule has 0 aromatic carbocycles. The first-order chi connectivity index (χ1) is 5.43. The van der Waals surface area contributed by atoms with Gasteiger partial charge in [0.15, 0.2) is 0 Å². The van der Waals surface area contributed by atoms with Gasteiger partial charge in [0.25, 0.3) is 0 Å². The molecule has 1 aromatic heterocycles. The summed E-state index contributed by atoms with van der Waals surface area (Å²) in [6, 6.07) is 0. The van der Waals surface area contributed by atoms with Gasteiger partial charge in [-0.1, -0.05) is 0 Å². The van der Waals surface area contributed by atoms with E-state index < -0.39 is 0 Å². The van der Waals surface area contributed by atoms with Crippen molar-refractivity contribution in [3.63, 3.8) is 0 Å². The molecule has 0 radical (unpaired) electrons. The summed E-state index contributed by atoms with van der Waals surface area (Å²) < 4.78 is 0. The molecule has 3 heterocycles. The third kappa shape index (κ3) is 0.537. The number of H-pyrrole nitrogens is 1. The van der Waals surface area contributed by atoms with Gasteiger partial charge in [0, 0.05) is 6.20 Å². The number of rotatable bonds is 0. The summed E-state index contributed by atoms with van der Waals surface area (Å²) in [6.07, 6.45) is 5.54. The average Bonchev–Trinajstić information content (AvgIpc) is 2.58. The van der Waals surface area contributed by atoms with E-state index in [-0.39, 0.29) is 0 Å². The highest BCUT2D eigenvalue weighted by atomic mass is 15.2. The molecule has 4 nitrogen and oxygen atoms in total. The van der Waals surface area contributed by atoms with Crippen LogP contribution in [0.5, 0.6) is 0 Å². The molecule has 2 aliphatic heterocycles. The third-order valence-electron chi connectivity index (χ3n) is 1.93. The van der Waals surface area contributed by atoms with Gasteiger partial charge < -0.3 is 9.88 Å². The summed E-state index contributed by atoms with van der Waals surface area (Å²) in [4.78, 5) is 13.5. The first-order valence-corrected chi connectivity index (χ1v) is 3.48. The SMILES string of the molecule is C1=NC2=c3nc[nH]c3=CN1C2. The van der Waals surface area contributed by atoms with Crippen molar-refractivity contribution in [1.82, 2.24) is 14.9 Å². The Labute approximate surface area is 62.6 Å². The Kier molecular flexibility index (Phi) is 0.711. The van der Waals surface area contributed by atoms with Gasteiger partial charge in [0.05, 0.1) is 30.3 Å². The number of aromatic nitrogens is 2. The van der Waals surface area contributed by atoms with Gasteiger partial charge in [0.1, 0.15) is 5.35 Å². The minimum atomic E-state index is 0.873. The van der Waals surface area contributed by atoms with Crippen molar-refractivity contribution in [1.29, 1.82) is 0 Å². The standard InChI is InChI=1S/C7H6N4/c1-5-7(9-3-8-5)6-2-11(1)4-10-6/h1,3-4H,2H2,(H,8,9). The van der Waals surface area contributed by atoms with E-state index in [4.69, 9.17) is 0 Å². The van der Waals surface area contributed by atoms with Gasteiger partial charge in [-0.05, 0) is 0 Å². The zero-order valence-electron chi connectivity index (χ0n) is 5.78. The molecule has 11 heavy (non-hydrogen) atoms. The van der Waals surface area contributed by atoms with E-state index in [1.165, 1.54) is 0 Å². The molecule has 0 amide bonds. The Morgan fingerprint density at radius 3 is 3.55 bits per heavy atom. The molecule has 1 N–H and O–H groups in total. The van der Waals surface area contributed by atoms with Gasteiger partial charge in [0.2, 0.25) is 0 Å². The molecule has 0 aliphatic carbocycles. The predicted molar refractivity (Wildman–Crippen MR) is 40.9 cm³/mol. The second-order valence-electron chi connectivity index (χ2n) is 2.66. The average molecular weight is 146 g/mol. The highest BCUT2D eigenvalue weighted by Crippen LogP contribution is 2.07. The topological polar surface area (TPSA) is 44.3 Å². The fourth-order valence-electron chi connectivity index (χ4n) is 1.41. The van der Waals surface area contributed by atoms with Crippen LogP contribution in [0.4, 0.5) is 0 Å². The van der Waals surface area contributed by atoms with E-state index >= 15 is 0 Å². The largest absolute Gasteiger partial charge is 0.343 e. The second-order valence-corrected chi connectivity index (χ2v) is 2.66. The van der Waals surface area contributed by atoms with Crippen molar-refractivity contribution in [3.05, 3.63) is 17.0 Å². The van der Waals surface area contributed by atoms with Crippen LogP contribution in [0, 0.1) is 0 Å². The lowest BCUT2D eigenvalue weighted by Crippen LogP contribution is -2.34. The Hall–Kier alpha value is -1.58. The number of nitrogens with zero attached hydrogens (tertiary/aromatic N) is 3. The zero-order valence-corrected chi connectivity index (χ0v) is 5.78. The summed E-state index contributed by atoms with van der Waals surface area (Å²) in [5.41, 5.74) is 1.06. The second kappa shape index (κ2) is 1.53. The number of imidazole rings is 1. The van der Waals surface area contributed by atoms with Crippen LogP contribution < -0.4 is 10.7 Å². The first-order valence-electron chi connectivity index (χ1n) is 3.48. The van der Waals surface area contributed by atoms with Crippen LogP contribution in [-0.2, 0) is 0 Å². The molecular formula is C7H6N4. The van der Waals surface area contributed by atoms with Gasteiger partial charge in [-0.25, -0.2) is 9.98 Å². The molecule has 0 saturated carbocycles. The van der Waals surface area contributed by atoms with Crippen LogP contribution in [0.2, 0.25) is 0 Å². The maximum atomic E-state index is 4.22. The Bertz CT molecular complexity index is 439. The molecule has 2 aliphatic rings. The predicted octanol–water partition coefficient (Wildman–Crippen LogP) is -1.39. The smallest absolute Gasteiger partial charge is 0.113 e. The minimum absolute atomic E-state index is 0.873. The van der Waals surface area contributed by atoms with E-state index in [2.05, 4.69) is 15.0 Å². The lowest BCUT2D eigenvalue weighted by atomic mass is 10.3. The van der Waals surface area contributed by atoms with Gasteiger partial charge in [-0.3, -0.25) is 0 Å². The van der Waals surface area contributed by atoms with E-state index in [1.807, 2.05) is 17.4 Å². The highest BCUT2D eigenvalue weighted by Gasteiger charge is 2.14. The third-order valence-corrected chi connectivity index (χ3v) is 1.93. The van der Waals surface area contributed by atoms with E-state index in [1.54, 1.807) is 6.33 Å². The zero-order chi connectivity index (χ0) is 7.26. The summed E-state index contributed by atoms with van der Waals surface area (Å²) in [7, 11) is 0. The maximum Gasteiger partial charge on any atom is 0.113 e. The number of hydrogen-bond donors (Lipinski definition) is 1. The number of fused-ring (bicyclic) bond motifs is 3. The van der Waals surface area contributed by atoms with E-state index in [0.29, 0.717) is 0 Å². The lowest BCUT2D eigenvalue weighted by Gasteiger charge is -2.07. The van der Waals surface area contributed by atoms with Crippen molar-refractivity contribution in [2.45, 2.75) is 0 Å². The van der Waals surface area contributed by atoms with Crippen LogP contribution in [-0.4, -0.2) is 27.8 Å². The number of hydrogen-bond acceptors (Lipinski definition) is 3. The fraction of sp³-hybridized carbons (Fsp3) is 0.143. The molecule has 3 rings (SSSR count). The van der Waals surface area contributed by atoms with Crippen LogP contribution in [0.1, 0.15) is 0 Å². The number of nitrogens with one attached hydrogen (secondary N) is 1. The molecule has 4 heteroatoms. The molecule has 2 bridgehead atoms. The quantitative estimate of drug-likeness (QED) is 0.490. The molecular weight excluding hydrogens is 140 g/mol. The van der Waals surface area contributed by atoms with Crippen molar-refractivity contribution in [3.8, 4) is 0 Å². The van der Waals surface area contributed by atoms with E-state index in [9.17, 15) is 0 Å². The summed E-state index contributed by atoms with van der Waals surface area (Å²) in [5.74, 6) is 0. The molecule has 0 spiro atoms. The van der Waals surface area contributed by atoms with Crippen LogP contribution in [0.15, 0.2) is 11.3 Å². The van der Waals surface area contributed by atoms with E-state index in [0.717, 1.165) is 22.9 Å². The number of aromatic amines is 1. The summed E-state index contributed by atoms with van der Waals surface area (Å²) in [6.45, 7) is 0.873. The normalized spacial score (nSPS) is 18.5. The Morgan fingerprint density at radius 2 is 2.55 bits per heavy atom. The molecule has 1 aromatic rings. The van der Waals surface area contributed by atoms with Crippen molar-refractivity contribution in [2.75, 3.05) is 6.54 Å². The van der Waals surface area contributed by atoms with Gasteiger partial charge >= 0.3 is 0 Å². The fourth-order valence-corrected chi connectivity index (χ4v) is 1.41. The van der Waals surface area contributed by atoms with Gasteiger partial charge in [-0.15, -0.1) is 0 Å². The Balaban J connectivity index is 2.59. The lowest BCUT2D eigenvalue weighted by molar-refractivity contribution is 0.712. The molecule has 54 valence electrons. The molecule has 0 fully saturated rings. The van der Waals surface area contributed by atoms with Crippen LogP contribution in [0.3, 0.4) is 0 Å². The first kappa shape index (κ1) is 5.12. The maximum absolute atomic E-state index is 4.22.